The quantitative estimate of drug-likeness (QED) is 0.515. The number of methoxy groups -OCH3 is 1. The van der Waals surface area contributed by atoms with Gasteiger partial charge in [0.2, 0.25) is 0 Å². The number of nitrogens with one attached hydrogen (secondary N) is 1. The smallest absolute Gasteiger partial charge is 0.162 e. The Morgan fingerprint density at radius 3 is 2.26 bits per heavy atom. The normalized spacial score (nSPS) is 11.9. The molecule has 1 N–H and O–H groups in total. The largest absolute Gasteiger partial charge is 0.497 e. The van der Waals surface area contributed by atoms with Crippen LogP contribution in [0.1, 0.15) is 18.5 Å². The van der Waals surface area contributed by atoms with E-state index in [1.165, 1.54) is 5.56 Å². The van der Waals surface area contributed by atoms with Crippen molar-refractivity contribution in [2.75, 3.05) is 12.4 Å². The van der Waals surface area contributed by atoms with Crippen molar-refractivity contribution in [1.29, 1.82) is 0 Å². The van der Waals surface area contributed by atoms with Gasteiger partial charge in [-0.15, -0.1) is 0 Å². The lowest BCUT2D eigenvalue weighted by molar-refractivity contribution is 0.415. The third-order valence-corrected chi connectivity index (χ3v) is 4.60. The lowest BCUT2D eigenvalue weighted by atomic mass is 10.1. The number of fused-ring (bicyclic) bond motifs is 1. The molecule has 0 radical (unpaired) electrons. The van der Waals surface area contributed by atoms with E-state index in [1.807, 2.05) is 66.7 Å². The average molecular weight is 355 g/mol. The van der Waals surface area contributed by atoms with Crippen molar-refractivity contribution in [3.8, 4) is 17.1 Å². The fraction of sp³-hybridized carbons (Fsp3) is 0.130. The molecule has 0 spiro atoms. The van der Waals surface area contributed by atoms with Crippen molar-refractivity contribution in [2.45, 2.75) is 13.0 Å². The second-order valence-electron chi connectivity index (χ2n) is 6.42. The molecule has 0 aliphatic heterocycles. The standard InChI is InChI=1S/C23H21N3O/c1-16(17-8-4-3-5-9-17)24-23-20-10-6-7-11-21(20)25-22(26-23)18-12-14-19(27-2)15-13-18/h3-16H,1-2H3,(H,24,25,26)/t16-/m0/s1. The molecule has 134 valence electrons. The van der Waals surface area contributed by atoms with Crippen LogP contribution in [-0.2, 0) is 0 Å². The Morgan fingerprint density at radius 2 is 1.52 bits per heavy atom. The highest BCUT2D eigenvalue weighted by atomic mass is 16.5. The topological polar surface area (TPSA) is 47.0 Å². The number of hydrogen-bond acceptors (Lipinski definition) is 4. The van der Waals surface area contributed by atoms with E-state index in [4.69, 9.17) is 14.7 Å². The van der Waals surface area contributed by atoms with Gasteiger partial charge in [-0.1, -0.05) is 42.5 Å². The second kappa shape index (κ2) is 7.46. The van der Waals surface area contributed by atoms with Gasteiger partial charge in [-0.25, -0.2) is 9.97 Å². The molecule has 4 nitrogen and oxygen atoms in total. The fourth-order valence-electron chi connectivity index (χ4n) is 3.09. The molecule has 0 fully saturated rings. The minimum atomic E-state index is 0.133. The number of anilines is 1. The van der Waals surface area contributed by atoms with Crippen molar-refractivity contribution in [3.63, 3.8) is 0 Å². The molecule has 0 saturated heterocycles. The molecule has 1 atom stereocenters. The maximum Gasteiger partial charge on any atom is 0.162 e. The first-order valence-electron chi connectivity index (χ1n) is 8.97. The summed E-state index contributed by atoms with van der Waals surface area (Å²) < 4.78 is 5.25. The summed E-state index contributed by atoms with van der Waals surface area (Å²) in [5.74, 6) is 2.34. The van der Waals surface area contributed by atoms with E-state index in [-0.39, 0.29) is 6.04 Å². The van der Waals surface area contributed by atoms with Gasteiger partial charge in [0, 0.05) is 17.0 Å². The van der Waals surface area contributed by atoms with E-state index in [0.29, 0.717) is 5.82 Å². The molecule has 4 rings (SSSR count). The lowest BCUT2D eigenvalue weighted by Crippen LogP contribution is -2.09. The van der Waals surface area contributed by atoms with Gasteiger partial charge >= 0.3 is 0 Å². The first kappa shape index (κ1) is 17.0. The molecule has 4 aromatic rings. The van der Waals surface area contributed by atoms with Crippen LogP contribution in [0.4, 0.5) is 5.82 Å². The van der Waals surface area contributed by atoms with Gasteiger partial charge in [0.15, 0.2) is 5.82 Å². The van der Waals surface area contributed by atoms with Gasteiger partial charge in [-0.2, -0.15) is 0 Å². The molecule has 4 heteroatoms. The van der Waals surface area contributed by atoms with Crippen LogP contribution in [-0.4, -0.2) is 17.1 Å². The maximum atomic E-state index is 5.25. The Balaban J connectivity index is 1.76. The van der Waals surface area contributed by atoms with Crippen LogP contribution in [0.25, 0.3) is 22.3 Å². The van der Waals surface area contributed by atoms with E-state index in [1.54, 1.807) is 7.11 Å². The van der Waals surface area contributed by atoms with E-state index >= 15 is 0 Å². The minimum absolute atomic E-state index is 0.133. The predicted octanol–water partition coefficient (Wildman–Crippen LogP) is 5.48. The highest BCUT2D eigenvalue weighted by Gasteiger charge is 2.12. The summed E-state index contributed by atoms with van der Waals surface area (Å²) in [5.41, 5.74) is 3.09. The Bertz CT molecular complexity index is 1050. The Morgan fingerprint density at radius 1 is 0.815 bits per heavy atom. The van der Waals surface area contributed by atoms with Crippen LogP contribution < -0.4 is 10.1 Å². The van der Waals surface area contributed by atoms with E-state index in [9.17, 15) is 0 Å². The number of ether oxygens (including phenoxy) is 1. The predicted molar refractivity (Wildman–Crippen MR) is 110 cm³/mol. The number of hydrogen-bond donors (Lipinski definition) is 1. The summed E-state index contributed by atoms with van der Waals surface area (Å²) in [7, 11) is 1.66. The highest BCUT2D eigenvalue weighted by Crippen LogP contribution is 2.28. The monoisotopic (exact) mass is 355 g/mol. The molecule has 0 bridgehead atoms. The van der Waals surface area contributed by atoms with Crippen LogP contribution >= 0.6 is 0 Å². The first-order chi connectivity index (χ1) is 13.2. The van der Waals surface area contributed by atoms with Crippen molar-refractivity contribution in [1.82, 2.24) is 9.97 Å². The molecule has 0 aliphatic rings. The molecular formula is C23H21N3O. The summed E-state index contributed by atoms with van der Waals surface area (Å²) in [5, 5.41) is 4.57. The van der Waals surface area contributed by atoms with Gasteiger partial charge in [0.1, 0.15) is 11.6 Å². The number of benzene rings is 3. The molecule has 3 aromatic carbocycles. The molecule has 0 saturated carbocycles. The molecule has 0 unspecified atom stereocenters. The zero-order chi connectivity index (χ0) is 18.6. The molecule has 27 heavy (non-hydrogen) atoms. The van der Waals surface area contributed by atoms with Crippen molar-refractivity contribution in [2.24, 2.45) is 0 Å². The summed E-state index contributed by atoms with van der Waals surface area (Å²) in [6.45, 7) is 2.14. The lowest BCUT2D eigenvalue weighted by Gasteiger charge is -2.17. The Labute approximate surface area is 158 Å². The summed E-state index contributed by atoms with van der Waals surface area (Å²) in [6, 6.07) is 26.4. The van der Waals surface area contributed by atoms with Crippen molar-refractivity contribution < 1.29 is 4.74 Å². The number of rotatable bonds is 5. The van der Waals surface area contributed by atoms with Gasteiger partial charge < -0.3 is 10.1 Å². The fourth-order valence-corrected chi connectivity index (χ4v) is 3.09. The van der Waals surface area contributed by atoms with Crippen molar-refractivity contribution in [3.05, 3.63) is 84.4 Å². The first-order valence-corrected chi connectivity index (χ1v) is 8.97. The van der Waals surface area contributed by atoms with Gasteiger partial charge in [-0.3, -0.25) is 0 Å². The van der Waals surface area contributed by atoms with Gasteiger partial charge in [0.25, 0.3) is 0 Å². The third-order valence-electron chi connectivity index (χ3n) is 4.60. The molecule has 0 amide bonds. The molecular weight excluding hydrogens is 334 g/mol. The van der Waals surface area contributed by atoms with Crippen LogP contribution in [0.5, 0.6) is 5.75 Å². The second-order valence-corrected chi connectivity index (χ2v) is 6.42. The number of para-hydroxylation sites is 1. The summed E-state index contributed by atoms with van der Waals surface area (Å²) in [4.78, 5) is 9.58. The third kappa shape index (κ3) is 3.60. The van der Waals surface area contributed by atoms with Crippen LogP contribution in [0.3, 0.4) is 0 Å². The molecule has 1 heterocycles. The average Bonchev–Trinajstić information content (AvgIpc) is 2.74. The van der Waals surface area contributed by atoms with E-state index in [2.05, 4.69) is 24.4 Å². The Kier molecular flexibility index (Phi) is 4.71. The van der Waals surface area contributed by atoms with Crippen LogP contribution in [0, 0.1) is 0 Å². The zero-order valence-corrected chi connectivity index (χ0v) is 15.4. The number of aromatic nitrogens is 2. The summed E-state index contributed by atoms with van der Waals surface area (Å²) >= 11 is 0. The van der Waals surface area contributed by atoms with Crippen LogP contribution in [0.2, 0.25) is 0 Å². The highest BCUT2D eigenvalue weighted by molar-refractivity contribution is 5.90. The van der Waals surface area contributed by atoms with Gasteiger partial charge in [-0.05, 0) is 48.9 Å². The minimum Gasteiger partial charge on any atom is -0.497 e. The van der Waals surface area contributed by atoms with E-state index in [0.717, 1.165) is 28.0 Å². The van der Waals surface area contributed by atoms with Crippen LogP contribution in [0.15, 0.2) is 78.9 Å². The summed E-state index contributed by atoms with van der Waals surface area (Å²) in [6.07, 6.45) is 0. The van der Waals surface area contributed by atoms with E-state index < -0.39 is 0 Å². The van der Waals surface area contributed by atoms with Gasteiger partial charge in [0.05, 0.1) is 12.6 Å². The number of nitrogens with zero attached hydrogens (tertiary/aromatic N) is 2. The molecule has 1 aromatic heterocycles. The molecule has 0 aliphatic carbocycles. The zero-order valence-electron chi connectivity index (χ0n) is 15.4. The maximum absolute atomic E-state index is 5.25. The SMILES string of the molecule is COc1ccc(-c2nc(N[C@@H](C)c3ccccc3)c3ccccc3n2)cc1. The van der Waals surface area contributed by atoms with Crippen molar-refractivity contribution >= 4 is 16.7 Å². The Hall–Kier alpha value is -3.40.